The minimum atomic E-state index is -0.431. The number of aromatic amines is 1. The van der Waals surface area contributed by atoms with Crippen molar-refractivity contribution in [3.63, 3.8) is 0 Å². The lowest BCUT2D eigenvalue weighted by Crippen LogP contribution is -1.92. The van der Waals surface area contributed by atoms with Gasteiger partial charge in [-0.3, -0.25) is 4.98 Å². The lowest BCUT2D eigenvalue weighted by molar-refractivity contribution is 0.555. The third kappa shape index (κ3) is 1.94. The summed E-state index contributed by atoms with van der Waals surface area (Å²) in [6.07, 6.45) is 2.50. The van der Waals surface area contributed by atoms with E-state index in [4.69, 9.17) is 10.2 Å². The van der Waals surface area contributed by atoms with E-state index < -0.39 is 5.76 Å². The first kappa shape index (κ1) is 10.1. The summed E-state index contributed by atoms with van der Waals surface area (Å²) < 4.78 is 5.00. The second-order valence-electron chi connectivity index (χ2n) is 3.69. The largest absolute Gasteiger partial charge is 0.417 e. The molecule has 2 aromatic heterocycles. The molecule has 0 aliphatic rings. The van der Waals surface area contributed by atoms with Gasteiger partial charge in [0.2, 0.25) is 0 Å². The zero-order chi connectivity index (χ0) is 11.8. The molecule has 3 aromatic rings. The number of thiazole rings is 1. The second-order valence-corrected chi connectivity index (χ2v) is 4.83. The van der Waals surface area contributed by atoms with Crippen molar-refractivity contribution >= 4 is 27.6 Å². The van der Waals surface area contributed by atoms with E-state index in [1.165, 1.54) is 11.3 Å². The number of anilines is 1. The van der Waals surface area contributed by atoms with Gasteiger partial charge in [0.05, 0.1) is 5.52 Å². The van der Waals surface area contributed by atoms with Crippen LogP contribution in [0.2, 0.25) is 0 Å². The Hall–Kier alpha value is -2.08. The lowest BCUT2D eigenvalue weighted by Gasteiger charge is -1.97. The molecule has 17 heavy (non-hydrogen) atoms. The van der Waals surface area contributed by atoms with Crippen LogP contribution in [0.3, 0.4) is 0 Å². The Morgan fingerprint density at radius 2 is 2.35 bits per heavy atom. The number of nitrogen functional groups attached to an aromatic ring is 1. The quantitative estimate of drug-likeness (QED) is 0.722. The summed E-state index contributed by atoms with van der Waals surface area (Å²) in [7, 11) is 0. The number of hydrogen-bond acceptors (Lipinski definition) is 5. The molecule has 0 unspecified atom stereocenters. The van der Waals surface area contributed by atoms with E-state index in [-0.39, 0.29) is 0 Å². The highest BCUT2D eigenvalue weighted by Crippen LogP contribution is 2.20. The van der Waals surface area contributed by atoms with Crippen molar-refractivity contribution in [2.45, 2.75) is 6.42 Å². The van der Waals surface area contributed by atoms with Crippen LogP contribution < -0.4 is 11.5 Å². The highest BCUT2D eigenvalue weighted by molar-refractivity contribution is 7.15. The first-order chi connectivity index (χ1) is 8.20. The van der Waals surface area contributed by atoms with Crippen LogP contribution in [0.15, 0.2) is 33.6 Å². The maximum Gasteiger partial charge on any atom is 0.417 e. The SMILES string of the molecule is Nc1ncc(Cc2ccc3[nH]c(=O)oc3c2)s1. The third-order valence-electron chi connectivity index (χ3n) is 2.44. The van der Waals surface area contributed by atoms with Crippen LogP contribution in [-0.2, 0) is 6.42 Å². The molecular weight excluding hydrogens is 238 g/mol. The predicted molar refractivity (Wildman–Crippen MR) is 66.2 cm³/mol. The average molecular weight is 247 g/mol. The van der Waals surface area contributed by atoms with Gasteiger partial charge in [0.1, 0.15) is 0 Å². The van der Waals surface area contributed by atoms with Crippen molar-refractivity contribution in [2.75, 3.05) is 5.73 Å². The topological polar surface area (TPSA) is 84.9 Å². The molecule has 5 nitrogen and oxygen atoms in total. The molecule has 2 heterocycles. The minimum Gasteiger partial charge on any atom is -0.408 e. The van der Waals surface area contributed by atoms with Crippen molar-refractivity contribution < 1.29 is 4.42 Å². The van der Waals surface area contributed by atoms with Crippen LogP contribution in [0.4, 0.5) is 5.13 Å². The fraction of sp³-hybridized carbons (Fsp3) is 0.0909. The van der Waals surface area contributed by atoms with Gasteiger partial charge in [0.15, 0.2) is 10.7 Å². The number of rotatable bonds is 2. The smallest absolute Gasteiger partial charge is 0.408 e. The Morgan fingerprint density at radius 3 is 3.12 bits per heavy atom. The third-order valence-corrected chi connectivity index (χ3v) is 3.26. The van der Waals surface area contributed by atoms with E-state index in [0.29, 0.717) is 16.2 Å². The van der Waals surface area contributed by atoms with E-state index in [9.17, 15) is 4.79 Å². The summed E-state index contributed by atoms with van der Waals surface area (Å²) in [6, 6.07) is 5.63. The van der Waals surface area contributed by atoms with E-state index in [1.807, 2.05) is 18.2 Å². The molecule has 0 bridgehead atoms. The molecule has 3 N–H and O–H groups in total. The number of oxazole rings is 1. The molecule has 0 saturated heterocycles. The van der Waals surface area contributed by atoms with Gasteiger partial charge >= 0.3 is 5.76 Å². The summed E-state index contributed by atoms with van der Waals surface area (Å²) in [5.41, 5.74) is 7.91. The van der Waals surface area contributed by atoms with Crippen molar-refractivity contribution in [1.29, 1.82) is 0 Å². The maximum absolute atomic E-state index is 11.0. The fourth-order valence-electron chi connectivity index (χ4n) is 1.71. The number of H-pyrrole nitrogens is 1. The molecule has 0 aliphatic carbocycles. The van der Waals surface area contributed by atoms with Crippen molar-refractivity contribution in [3.05, 3.63) is 45.4 Å². The summed E-state index contributed by atoms with van der Waals surface area (Å²) in [4.78, 5) is 18.7. The van der Waals surface area contributed by atoms with E-state index >= 15 is 0 Å². The number of fused-ring (bicyclic) bond motifs is 1. The van der Waals surface area contributed by atoms with Crippen LogP contribution in [0.1, 0.15) is 10.4 Å². The van der Waals surface area contributed by atoms with Gasteiger partial charge in [0, 0.05) is 17.5 Å². The number of benzene rings is 1. The van der Waals surface area contributed by atoms with Gasteiger partial charge in [-0.25, -0.2) is 9.78 Å². The van der Waals surface area contributed by atoms with E-state index in [1.54, 1.807) is 6.20 Å². The Kier molecular flexibility index (Phi) is 2.22. The summed E-state index contributed by atoms with van der Waals surface area (Å²) in [5, 5.41) is 0.564. The van der Waals surface area contributed by atoms with Crippen LogP contribution in [0.5, 0.6) is 0 Å². The standard InChI is InChI=1S/C11H9N3O2S/c12-10-13-5-7(17-10)3-6-1-2-8-9(4-6)16-11(15)14-8/h1-2,4-5H,3H2,(H2,12,13)(H,14,15). The van der Waals surface area contributed by atoms with Gasteiger partial charge < -0.3 is 10.2 Å². The maximum atomic E-state index is 11.0. The lowest BCUT2D eigenvalue weighted by atomic mass is 10.1. The molecular formula is C11H9N3O2S. The van der Waals surface area contributed by atoms with Crippen LogP contribution in [0.25, 0.3) is 11.1 Å². The van der Waals surface area contributed by atoms with E-state index in [0.717, 1.165) is 16.9 Å². The highest BCUT2D eigenvalue weighted by atomic mass is 32.1. The summed E-state index contributed by atoms with van der Waals surface area (Å²) >= 11 is 1.46. The summed E-state index contributed by atoms with van der Waals surface area (Å²) in [5.74, 6) is -0.431. The zero-order valence-electron chi connectivity index (χ0n) is 8.77. The van der Waals surface area contributed by atoms with Gasteiger partial charge in [-0.15, -0.1) is 11.3 Å². The van der Waals surface area contributed by atoms with Crippen LogP contribution in [0, 0.1) is 0 Å². The number of nitrogens with zero attached hydrogens (tertiary/aromatic N) is 1. The number of aromatic nitrogens is 2. The van der Waals surface area contributed by atoms with Gasteiger partial charge in [-0.1, -0.05) is 6.07 Å². The van der Waals surface area contributed by atoms with Crippen molar-refractivity contribution in [2.24, 2.45) is 0 Å². The van der Waals surface area contributed by atoms with Gasteiger partial charge in [-0.05, 0) is 17.7 Å². The molecule has 0 saturated carbocycles. The molecule has 0 spiro atoms. The van der Waals surface area contributed by atoms with Crippen LogP contribution in [-0.4, -0.2) is 9.97 Å². The molecule has 86 valence electrons. The Labute approximate surface area is 99.9 Å². The Bertz CT molecular complexity index is 725. The second kappa shape index (κ2) is 3.74. The van der Waals surface area contributed by atoms with Crippen molar-refractivity contribution in [1.82, 2.24) is 9.97 Å². The average Bonchev–Trinajstić information content (AvgIpc) is 2.83. The molecule has 0 radical (unpaired) electrons. The first-order valence-electron chi connectivity index (χ1n) is 5.02. The molecule has 6 heteroatoms. The predicted octanol–water partition coefficient (Wildman–Crippen LogP) is 1.75. The molecule has 3 rings (SSSR count). The molecule has 0 amide bonds. The van der Waals surface area contributed by atoms with Gasteiger partial charge in [-0.2, -0.15) is 0 Å². The number of hydrogen-bond donors (Lipinski definition) is 2. The fourth-order valence-corrected chi connectivity index (χ4v) is 2.42. The van der Waals surface area contributed by atoms with Gasteiger partial charge in [0.25, 0.3) is 0 Å². The van der Waals surface area contributed by atoms with Crippen molar-refractivity contribution in [3.8, 4) is 0 Å². The Balaban J connectivity index is 1.97. The Morgan fingerprint density at radius 1 is 1.47 bits per heavy atom. The molecule has 0 atom stereocenters. The summed E-state index contributed by atoms with van der Waals surface area (Å²) in [6.45, 7) is 0. The highest BCUT2D eigenvalue weighted by Gasteiger charge is 2.04. The molecule has 1 aromatic carbocycles. The first-order valence-corrected chi connectivity index (χ1v) is 5.84. The molecule has 0 aliphatic heterocycles. The number of nitrogens with two attached hydrogens (primary N) is 1. The number of nitrogens with one attached hydrogen (secondary N) is 1. The van der Waals surface area contributed by atoms with E-state index in [2.05, 4.69) is 9.97 Å². The zero-order valence-corrected chi connectivity index (χ0v) is 9.58. The monoisotopic (exact) mass is 247 g/mol. The minimum absolute atomic E-state index is 0.431. The van der Waals surface area contributed by atoms with Crippen LogP contribution >= 0.6 is 11.3 Å². The molecule has 0 fully saturated rings. The normalized spacial score (nSPS) is 11.1.